The van der Waals surface area contributed by atoms with Crippen LogP contribution in [0.3, 0.4) is 0 Å². The summed E-state index contributed by atoms with van der Waals surface area (Å²) in [4.78, 5) is 16.4. The Balaban J connectivity index is 0.00000161. The SMILES string of the molecule is Cl.O=C(O)c1ccccc1SCc1cn2ccccc2n1. The molecule has 2 heterocycles. The molecule has 0 unspecified atom stereocenters. The molecule has 0 fully saturated rings. The number of benzene rings is 1. The number of hydrogen-bond acceptors (Lipinski definition) is 3. The first-order chi connectivity index (χ1) is 9.74. The number of aromatic carboxylic acids is 1. The zero-order chi connectivity index (χ0) is 13.9. The second kappa shape index (κ2) is 6.65. The molecule has 0 saturated heterocycles. The van der Waals surface area contributed by atoms with Crippen molar-refractivity contribution >= 4 is 35.8 Å². The molecule has 2 aromatic heterocycles. The predicted octanol–water partition coefficient (Wildman–Crippen LogP) is 3.75. The Morgan fingerprint density at radius 3 is 2.71 bits per heavy atom. The second-order valence-corrected chi connectivity index (χ2v) is 5.31. The molecule has 108 valence electrons. The van der Waals surface area contributed by atoms with E-state index in [2.05, 4.69) is 4.98 Å². The molecule has 0 radical (unpaired) electrons. The van der Waals surface area contributed by atoms with E-state index in [9.17, 15) is 4.79 Å². The van der Waals surface area contributed by atoms with Crippen molar-refractivity contribution in [2.75, 3.05) is 0 Å². The number of carbonyl (C=O) groups is 1. The number of hydrogen-bond donors (Lipinski definition) is 1. The lowest BCUT2D eigenvalue weighted by Crippen LogP contribution is -1.98. The van der Waals surface area contributed by atoms with E-state index in [4.69, 9.17) is 5.11 Å². The first-order valence-electron chi connectivity index (χ1n) is 6.12. The largest absolute Gasteiger partial charge is 0.478 e. The van der Waals surface area contributed by atoms with Crippen molar-refractivity contribution < 1.29 is 9.90 Å². The average molecular weight is 321 g/mol. The van der Waals surface area contributed by atoms with Crippen LogP contribution in [-0.4, -0.2) is 20.5 Å². The summed E-state index contributed by atoms with van der Waals surface area (Å²) in [5.74, 6) is -0.255. The zero-order valence-electron chi connectivity index (χ0n) is 11.0. The number of aromatic nitrogens is 2. The monoisotopic (exact) mass is 320 g/mol. The third-order valence-electron chi connectivity index (χ3n) is 2.91. The molecular formula is C15H13ClN2O2S. The van der Waals surface area contributed by atoms with Gasteiger partial charge in [-0.1, -0.05) is 18.2 Å². The number of imidazole rings is 1. The third-order valence-corrected chi connectivity index (χ3v) is 4.01. The summed E-state index contributed by atoms with van der Waals surface area (Å²) in [6, 6.07) is 12.9. The molecule has 0 aliphatic rings. The van der Waals surface area contributed by atoms with Gasteiger partial charge in [0.2, 0.25) is 0 Å². The molecular weight excluding hydrogens is 308 g/mol. The summed E-state index contributed by atoms with van der Waals surface area (Å²) < 4.78 is 1.96. The van der Waals surface area contributed by atoms with Crippen molar-refractivity contribution in [2.45, 2.75) is 10.6 Å². The van der Waals surface area contributed by atoms with Gasteiger partial charge in [-0.2, -0.15) is 0 Å². The van der Waals surface area contributed by atoms with Gasteiger partial charge in [0, 0.05) is 23.0 Å². The van der Waals surface area contributed by atoms with Crippen molar-refractivity contribution in [3.05, 3.63) is 66.1 Å². The highest BCUT2D eigenvalue weighted by Crippen LogP contribution is 2.26. The molecule has 3 aromatic rings. The van der Waals surface area contributed by atoms with E-state index in [0.29, 0.717) is 11.3 Å². The van der Waals surface area contributed by atoms with Crippen LogP contribution >= 0.6 is 24.2 Å². The molecule has 0 bridgehead atoms. The Hall–Kier alpha value is -1.98. The van der Waals surface area contributed by atoms with Crippen molar-refractivity contribution in [1.29, 1.82) is 0 Å². The Bertz CT molecular complexity index is 740. The number of carboxylic acids is 1. The Morgan fingerprint density at radius 2 is 1.95 bits per heavy atom. The molecule has 0 aliphatic carbocycles. The maximum Gasteiger partial charge on any atom is 0.336 e. The van der Waals surface area contributed by atoms with Gasteiger partial charge in [0.05, 0.1) is 11.3 Å². The lowest BCUT2D eigenvalue weighted by Gasteiger charge is -2.03. The fraction of sp³-hybridized carbons (Fsp3) is 0.0667. The number of nitrogens with zero attached hydrogens (tertiary/aromatic N) is 2. The molecule has 21 heavy (non-hydrogen) atoms. The fourth-order valence-corrected chi connectivity index (χ4v) is 2.91. The molecule has 1 N–H and O–H groups in total. The smallest absolute Gasteiger partial charge is 0.336 e. The van der Waals surface area contributed by atoms with Crippen LogP contribution in [0, 0.1) is 0 Å². The molecule has 1 aromatic carbocycles. The topological polar surface area (TPSA) is 54.6 Å². The quantitative estimate of drug-likeness (QED) is 0.744. The number of fused-ring (bicyclic) bond motifs is 1. The third kappa shape index (κ3) is 3.37. The maximum absolute atomic E-state index is 11.1. The van der Waals surface area contributed by atoms with Crippen molar-refractivity contribution in [3.63, 3.8) is 0 Å². The molecule has 6 heteroatoms. The van der Waals surface area contributed by atoms with Crippen LogP contribution in [0.5, 0.6) is 0 Å². The number of pyridine rings is 1. The minimum absolute atomic E-state index is 0. The normalized spacial score (nSPS) is 10.3. The minimum atomic E-state index is -0.900. The van der Waals surface area contributed by atoms with Crippen LogP contribution in [0.1, 0.15) is 16.1 Å². The molecule has 0 atom stereocenters. The van der Waals surface area contributed by atoms with Crippen LogP contribution in [-0.2, 0) is 5.75 Å². The van der Waals surface area contributed by atoms with Gasteiger partial charge in [0.25, 0.3) is 0 Å². The Kier molecular flexibility index (Phi) is 4.88. The molecule has 4 nitrogen and oxygen atoms in total. The summed E-state index contributed by atoms with van der Waals surface area (Å²) in [5, 5.41) is 9.14. The lowest BCUT2D eigenvalue weighted by molar-refractivity contribution is 0.0693. The molecule has 0 spiro atoms. The predicted molar refractivity (Wildman–Crippen MR) is 85.4 cm³/mol. The Labute approximate surface area is 132 Å². The summed E-state index contributed by atoms with van der Waals surface area (Å²) in [6.45, 7) is 0. The van der Waals surface area contributed by atoms with Crippen molar-refractivity contribution in [1.82, 2.24) is 9.38 Å². The van der Waals surface area contributed by atoms with E-state index < -0.39 is 5.97 Å². The highest BCUT2D eigenvalue weighted by atomic mass is 35.5. The second-order valence-electron chi connectivity index (χ2n) is 4.29. The van der Waals surface area contributed by atoms with Gasteiger partial charge in [-0.05, 0) is 24.3 Å². The van der Waals surface area contributed by atoms with Crippen LogP contribution in [0.15, 0.2) is 59.8 Å². The van der Waals surface area contributed by atoms with E-state index in [1.54, 1.807) is 12.1 Å². The number of halogens is 1. The Morgan fingerprint density at radius 1 is 1.19 bits per heavy atom. The van der Waals surface area contributed by atoms with Gasteiger partial charge in [0.15, 0.2) is 0 Å². The van der Waals surface area contributed by atoms with Gasteiger partial charge in [-0.25, -0.2) is 9.78 Å². The van der Waals surface area contributed by atoms with Gasteiger partial charge < -0.3 is 9.51 Å². The average Bonchev–Trinajstić information content (AvgIpc) is 2.88. The summed E-state index contributed by atoms with van der Waals surface area (Å²) in [5.41, 5.74) is 2.16. The van der Waals surface area contributed by atoms with Crippen molar-refractivity contribution in [3.8, 4) is 0 Å². The van der Waals surface area contributed by atoms with Gasteiger partial charge in [0.1, 0.15) is 5.65 Å². The number of carboxylic acid groups (broad SMARTS) is 1. The van der Waals surface area contributed by atoms with E-state index in [0.717, 1.165) is 16.2 Å². The van der Waals surface area contributed by atoms with Gasteiger partial charge in [-0.3, -0.25) is 0 Å². The van der Waals surface area contributed by atoms with Gasteiger partial charge >= 0.3 is 5.97 Å². The fourth-order valence-electron chi connectivity index (χ4n) is 1.98. The van der Waals surface area contributed by atoms with Crippen molar-refractivity contribution in [2.24, 2.45) is 0 Å². The first kappa shape index (κ1) is 15.4. The van der Waals surface area contributed by atoms with Crippen LogP contribution in [0.25, 0.3) is 5.65 Å². The summed E-state index contributed by atoms with van der Waals surface area (Å²) in [6.07, 6.45) is 3.91. The molecule has 0 saturated carbocycles. The highest BCUT2D eigenvalue weighted by molar-refractivity contribution is 7.98. The number of thioether (sulfide) groups is 1. The standard InChI is InChI=1S/C15H12N2O2S.ClH/c18-15(19)12-5-1-2-6-13(12)20-10-11-9-17-8-4-3-7-14(17)16-11;/h1-9H,10H2,(H,18,19);1H. The molecule has 0 amide bonds. The summed E-state index contributed by atoms with van der Waals surface area (Å²) >= 11 is 1.49. The van der Waals surface area contributed by atoms with Crippen LogP contribution in [0.4, 0.5) is 0 Å². The minimum Gasteiger partial charge on any atom is -0.478 e. The highest BCUT2D eigenvalue weighted by Gasteiger charge is 2.10. The molecule has 0 aliphatic heterocycles. The van der Waals surface area contributed by atoms with Crippen LogP contribution in [0.2, 0.25) is 0 Å². The lowest BCUT2D eigenvalue weighted by atomic mass is 10.2. The van der Waals surface area contributed by atoms with E-state index >= 15 is 0 Å². The molecule has 3 rings (SSSR count). The van der Waals surface area contributed by atoms with Gasteiger partial charge in [-0.15, -0.1) is 24.2 Å². The maximum atomic E-state index is 11.1. The first-order valence-corrected chi connectivity index (χ1v) is 7.10. The van der Waals surface area contributed by atoms with E-state index in [1.807, 2.05) is 47.1 Å². The zero-order valence-corrected chi connectivity index (χ0v) is 12.6. The van der Waals surface area contributed by atoms with E-state index in [-0.39, 0.29) is 12.4 Å². The number of rotatable bonds is 4. The summed E-state index contributed by atoms with van der Waals surface area (Å²) in [7, 11) is 0. The van der Waals surface area contributed by atoms with Crippen LogP contribution < -0.4 is 0 Å². The van der Waals surface area contributed by atoms with E-state index in [1.165, 1.54) is 11.8 Å².